The number of rotatable bonds is 5. The molecule has 1 aliphatic heterocycles. The van der Waals surface area contributed by atoms with Gasteiger partial charge in [-0.2, -0.15) is 0 Å². The maximum absolute atomic E-state index is 12.0. The van der Waals surface area contributed by atoms with E-state index in [4.69, 9.17) is 15.4 Å². The maximum atomic E-state index is 12.0. The van der Waals surface area contributed by atoms with Gasteiger partial charge in [-0.3, -0.25) is 14.3 Å². The zero-order valence-electron chi connectivity index (χ0n) is 11.6. The first kappa shape index (κ1) is 17.9. The molecule has 5 atom stereocenters. The van der Waals surface area contributed by atoms with Crippen molar-refractivity contribution < 1.29 is 20.1 Å². The summed E-state index contributed by atoms with van der Waals surface area (Å²) in [5, 5.41) is 32.3. The Bertz CT molecular complexity index is 728. The van der Waals surface area contributed by atoms with Crippen LogP contribution in [0.3, 0.4) is 0 Å². The molecule has 1 aromatic rings. The molecule has 23 heavy (non-hydrogen) atoms. The van der Waals surface area contributed by atoms with Gasteiger partial charge in [-0.05, 0) is 5.53 Å². The lowest BCUT2D eigenvalue weighted by Gasteiger charge is -2.18. The molecule has 0 bridgehead atoms. The van der Waals surface area contributed by atoms with Crippen LogP contribution in [0.5, 0.6) is 0 Å². The molecule has 0 saturated carbocycles. The van der Waals surface area contributed by atoms with Crippen LogP contribution in [0.4, 0.5) is 0 Å². The quantitative estimate of drug-likeness (QED) is 0.150. The first-order valence-electron chi connectivity index (χ1n) is 6.52. The summed E-state index contributed by atoms with van der Waals surface area (Å²) in [6.07, 6.45) is -4.08. The average Bonchev–Trinajstić information content (AvgIpc) is 2.81. The third-order valence-electron chi connectivity index (χ3n) is 3.48. The van der Waals surface area contributed by atoms with E-state index in [1.165, 1.54) is 0 Å². The van der Waals surface area contributed by atoms with E-state index in [2.05, 4.69) is 15.0 Å². The number of nitrogens with one attached hydrogen (secondary N) is 1. The summed E-state index contributed by atoms with van der Waals surface area (Å²) in [7, 11) is 0. The van der Waals surface area contributed by atoms with Gasteiger partial charge < -0.3 is 20.1 Å². The number of halogens is 1. The Labute approximate surface area is 142 Å². The van der Waals surface area contributed by atoms with Gasteiger partial charge in [0.25, 0.3) is 5.56 Å². The number of hydrogen-bond acceptors (Lipinski definition) is 7. The molecule has 1 fully saturated rings. The summed E-state index contributed by atoms with van der Waals surface area (Å²) >= 11 is 1.92. The van der Waals surface area contributed by atoms with E-state index in [0.717, 1.165) is 10.8 Å². The van der Waals surface area contributed by atoms with Gasteiger partial charge in [-0.1, -0.05) is 27.7 Å². The molecular formula is C11H14IN5O6. The smallest absolute Gasteiger partial charge is 0.330 e. The first-order chi connectivity index (χ1) is 10.9. The van der Waals surface area contributed by atoms with Crippen molar-refractivity contribution in [2.75, 3.05) is 11.0 Å². The highest BCUT2D eigenvalue weighted by Gasteiger charge is 2.43. The van der Waals surface area contributed by atoms with E-state index in [1.54, 1.807) is 0 Å². The standard InChI is InChI=1S/C11H14IN5O6/c12-1-5(15-16-13)4-2-17(11(22)14-9(4)21)10-8(20)7(19)6(3-18)23-10/h2,5-8,10,18-20H,1,3H2,(H,14,21,22)/t5?,6-,7-,8-,10-/m1/s1. The second-order valence-corrected chi connectivity index (χ2v) is 5.74. The number of aliphatic hydroxyl groups excluding tert-OH is 3. The van der Waals surface area contributed by atoms with Crippen LogP contribution in [-0.4, -0.2) is 54.2 Å². The van der Waals surface area contributed by atoms with E-state index in [0.29, 0.717) is 4.43 Å². The molecule has 126 valence electrons. The summed E-state index contributed by atoms with van der Waals surface area (Å²) in [6.45, 7) is -0.547. The molecule has 11 nitrogen and oxygen atoms in total. The van der Waals surface area contributed by atoms with Crippen LogP contribution in [0.1, 0.15) is 17.8 Å². The van der Waals surface area contributed by atoms with Crippen molar-refractivity contribution in [3.05, 3.63) is 43.0 Å². The molecule has 1 saturated heterocycles. The molecule has 12 heteroatoms. The van der Waals surface area contributed by atoms with Gasteiger partial charge in [0.1, 0.15) is 18.3 Å². The fraction of sp³-hybridized carbons (Fsp3) is 0.636. The van der Waals surface area contributed by atoms with Crippen LogP contribution < -0.4 is 11.2 Å². The second kappa shape index (κ2) is 7.42. The number of azide groups is 1. The van der Waals surface area contributed by atoms with E-state index in [9.17, 15) is 19.8 Å². The molecule has 2 rings (SSSR count). The summed E-state index contributed by atoms with van der Waals surface area (Å²) in [5.74, 6) is 0. The van der Waals surface area contributed by atoms with E-state index in [1.807, 2.05) is 22.6 Å². The molecule has 4 N–H and O–H groups in total. The Balaban J connectivity index is 2.50. The third kappa shape index (κ3) is 3.41. The van der Waals surface area contributed by atoms with Gasteiger partial charge in [-0.15, -0.1) is 0 Å². The van der Waals surface area contributed by atoms with Crippen molar-refractivity contribution in [2.45, 2.75) is 30.6 Å². The fourth-order valence-electron chi connectivity index (χ4n) is 2.28. The number of hydrogen-bond donors (Lipinski definition) is 4. The Morgan fingerprint density at radius 1 is 1.48 bits per heavy atom. The Morgan fingerprint density at radius 2 is 2.17 bits per heavy atom. The lowest BCUT2D eigenvalue weighted by Crippen LogP contribution is -2.39. The predicted octanol–water partition coefficient (Wildman–Crippen LogP) is -1.07. The molecule has 0 radical (unpaired) electrons. The number of aliphatic hydroxyl groups is 3. The van der Waals surface area contributed by atoms with Gasteiger partial charge in [-0.25, -0.2) is 4.79 Å². The molecule has 0 spiro atoms. The molecule has 1 aromatic heterocycles. The summed E-state index contributed by atoms with van der Waals surface area (Å²) < 4.78 is 6.44. The zero-order valence-corrected chi connectivity index (χ0v) is 13.8. The van der Waals surface area contributed by atoms with Crippen LogP contribution in [0.25, 0.3) is 10.4 Å². The third-order valence-corrected chi connectivity index (χ3v) is 4.32. The number of H-pyrrole nitrogens is 1. The Morgan fingerprint density at radius 3 is 2.70 bits per heavy atom. The molecule has 1 unspecified atom stereocenters. The van der Waals surface area contributed by atoms with Crippen molar-refractivity contribution >= 4 is 22.6 Å². The monoisotopic (exact) mass is 439 g/mol. The normalized spacial score (nSPS) is 28.3. The number of nitrogens with zero attached hydrogens (tertiary/aromatic N) is 4. The fourth-order valence-corrected chi connectivity index (χ4v) is 2.93. The highest BCUT2D eigenvalue weighted by Crippen LogP contribution is 2.28. The molecule has 0 amide bonds. The summed E-state index contributed by atoms with van der Waals surface area (Å²) in [4.78, 5) is 28.6. The van der Waals surface area contributed by atoms with Crippen LogP contribution in [0.2, 0.25) is 0 Å². The van der Waals surface area contributed by atoms with E-state index < -0.39 is 48.4 Å². The van der Waals surface area contributed by atoms with Crippen LogP contribution in [0.15, 0.2) is 20.9 Å². The number of ether oxygens (including phenoxy) is 1. The van der Waals surface area contributed by atoms with Crippen molar-refractivity contribution in [1.29, 1.82) is 0 Å². The molecule has 0 aliphatic carbocycles. The number of aromatic nitrogens is 2. The first-order valence-corrected chi connectivity index (χ1v) is 8.05. The Hall–Kier alpha value is -1.44. The minimum absolute atomic E-state index is 0.0227. The van der Waals surface area contributed by atoms with E-state index in [-0.39, 0.29) is 5.56 Å². The summed E-state index contributed by atoms with van der Waals surface area (Å²) in [5.41, 5.74) is 7.00. The van der Waals surface area contributed by atoms with Crippen molar-refractivity contribution in [3.8, 4) is 0 Å². The molecule has 2 heterocycles. The van der Waals surface area contributed by atoms with Crippen molar-refractivity contribution in [2.24, 2.45) is 5.11 Å². The maximum Gasteiger partial charge on any atom is 0.330 e. The minimum atomic E-state index is -1.47. The highest BCUT2D eigenvalue weighted by molar-refractivity contribution is 14.1. The second-order valence-electron chi connectivity index (χ2n) is 4.85. The topological polar surface area (TPSA) is 174 Å². The van der Waals surface area contributed by atoms with Gasteiger partial charge in [0.15, 0.2) is 6.23 Å². The van der Waals surface area contributed by atoms with Crippen LogP contribution in [-0.2, 0) is 4.74 Å². The minimum Gasteiger partial charge on any atom is -0.394 e. The zero-order chi connectivity index (χ0) is 17.1. The van der Waals surface area contributed by atoms with Gasteiger partial charge >= 0.3 is 5.69 Å². The lowest BCUT2D eigenvalue weighted by atomic mass is 10.1. The van der Waals surface area contributed by atoms with Gasteiger partial charge in [0.2, 0.25) is 0 Å². The predicted molar refractivity (Wildman–Crippen MR) is 85.1 cm³/mol. The Kier molecular flexibility index (Phi) is 5.78. The number of aromatic amines is 1. The lowest BCUT2D eigenvalue weighted by molar-refractivity contribution is -0.0551. The molecular weight excluding hydrogens is 425 g/mol. The SMILES string of the molecule is [N-]=[N+]=NC(CI)c1cn([C@@H]2O[C@H](CO)[C@@H](O)[C@H]2O)c(=O)[nH]c1=O. The molecule has 1 aliphatic rings. The number of alkyl halides is 1. The highest BCUT2D eigenvalue weighted by atomic mass is 127. The van der Waals surface area contributed by atoms with Crippen molar-refractivity contribution in [3.63, 3.8) is 0 Å². The van der Waals surface area contributed by atoms with Gasteiger partial charge in [0, 0.05) is 21.1 Å². The largest absolute Gasteiger partial charge is 0.394 e. The van der Waals surface area contributed by atoms with Crippen LogP contribution >= 0.6 is 22.6 Å². The average molecular weight is 439 g/mol. The van der Waals surface area contributed by atoms with E-state index >= 15 is 0 Å². The van der Waals surface area contributed by atoms with Crippen LogP contribution in [0, 0.1) is 0 Å². The molecule has 0 aromatic carbocycles. The van der Waals surface area contributed by atoms with Crippen molar-refractivity contribution in [1.82, 2.24) is 9.55 Å². The van der Waals surface area contributed by atoms with Gasteiger partial charge in [0.05, 0.1) is 12.6 Å². The summed E-state index contributed by atoms with van der Waals surface area (Å²) in [6, 6.07) is -0.812.